The van der Waals surface area contributed by atoms with Gasteiger partial charge in [0.05, 0.1) is 0 Å². The number of aromatic nitrogens is 3. The smallest absolute Gasteiger partial charge is 0.334 e. The Kier molecular flexibility index (Phi) is 2.66. The number of hydrogen-bond acceptors (Lipinski definition) is 4. The Morgan fingerprint density at radius 2 is 2.00 bits per heavy atom. The van der Waals surface area contributed by atoms with Crippen LogP contribution in [-0.2, 0) is 15.1 Å². The van der Waals surface area contributed by atoms with Crippen LogP contribution in [0.3, 0.4) is 0 Å². The van der Waals surface area contributed by atoms with Crippen LogP contribution in [0.4, 0.5) is 0 Å². The van der Waals surface area contributed by atoms with Gasteiger partial charge >= 0.3 is 5.97 Å². The molecule has 3 aliphatic carbocycles. The lowest BCUT2D eigenvalue weighted by atomic mass is 9.85. The lowest BCUT2D eigenvalue weighted by Gasteiger charge is -2.23. The van der Waals surface area contributed by atoms with Crippen LogP contribution in [0, 0.1) is 5.41 Å². The maximum atomic E-state index is 12.5. The highest BCUT2D eigenvalue weighted by atomic mass is 16.5. The van der Waals surface area contributed by atoms with Crippen molar-refractivity contribution < 1.29 is 9.53 Å². The van der Waals surface area contributed by atoms with Crippen molar-refractivity contribution in [2.45, 2.75) is 69.4 Å². The lowest BCUT2D eigenvalue weighted by Crippen LogP contribution is -2.33. The fourth-order valence-electron chi connectivity index (χ4n) is 4.17. The molecule has 108 valence electrons. The van der Waals surface area contributed by atoms with Crippen molar-refractivity contribution in [3.63, 3.8) is 0 Å². The summed E-state index contributed by atoms with van der Waals surface area (Å²) in [6.45, 7) is 0. The molecular weight excluding hydrogens is 254 g/mol. The average molecular weight is 275 g/mol. The molecule has 0 radical (unpaired) electrons. The molecule has 0 N–H and O–H groups in total. The van der Waals surface area contributed by atoms with E-state index in [2.05, 4.69) is 10.1 Å². The molecule has 5 heteroatoms. The highest BCUT2D eigenvalue weighted by Crippen LogP contribution is 2.52. The first kappa shape index (κ1) is 12.4. The Morgan fingerprint density at radius 3 is 2.65 bits per heavy atom. The fourth-order valence-corrected chi connectivity index (χ4v) is 4.17. The molecule has 5 nitrogen and oxygen atoms in total. The van der Waals surface area contributed by atoms with Crippen molar-refractivity contribution in [3.05, 3.63) is 12.7 Å². The van der Waals surface area contributed by atoms with Gasteiger partial charge in [-0.1, -0.05) is 12.8 Å². The van der Waals surface area contributed by atoms with Crippen molar-refractivity contribution >= 4 is 5.97 Å². The molecule has 0 amide bonds. The minimum absolute atomic E-state index is 0.0944. The molecular formula is C15H21N3O2. The SMILES string of the molecule is O=C(OC1CCC2(CCCC2)C1)C1(n2cncn2)CC1. The van der Waals surface area contributed by atoms with E-state index in [9.17, 15) is 4.79 Å². The Hall–Kier alpha value is -1.39. The summed E-state index contributed by atoms with van der Waals surface area (Å²) in [7, 11) is 0. The maximum Gasteiger partial charge on any atom is 0.334 e. The van der Waals surface area contributed by atoms with Crippen molar-refractivity contribution in [3.8, 4) is 0 Å². The lowest BCUT2D eigenvalue weighted by molar-refractivity contribution is -0.155. The molecule has 3 saturated carbocycles. The number of hydrogen-bond donors (Lipinski definition) is 0. The van der Waals surface area contributed by atoms with E-state index < -0.39 is 5.54 Å². The molecule has 4 rings (SSSR count). The zero-order valence-corrected chi connectivity index (χ0v) is 11.8. The second kappa shape index (κ2) is 4.30. The first-order valence-corrected chi connectivity index (χ1v) is 7.79. The van der Waals surface area contributed by atoms with Crippen molar-refractivity contribution in [2.24, 2.45) is 5.41 Å². The number of nitrogens with zero attached hydrogens (tertiary/aromatic N) is 3. The van der Waals surface area contributed by atoms with Crippen molar-refractivity contribution in [1.29, 1.82) is 0 Å². The third-order valence-corrected chi connectivity index (χ3v) is 5.56. The molecule has 1 spiro atoms. The third kappa shape index (κ3) is 1.86. The Balaban J connectivity index is 1.42. The predicted octanol–water partition coefficient (Wildman–Crippen LogP) is 2.42. The van der Waals surface area contributed by atoms with Gasteiger partial charge in [0.2, 0.25) is 0 Å². The molecule has 1 heterocycles. The monoisotopic (exact) mass is 275 g/mol. The molecule has 3 fully saturated rings. The van der Waals surface area contributed by atoms with Crippen molar-refractivity contribution in [1.82, 2.24) is 14.8 Å². The maximum absolute atomic E-state index is 12.5. The summed E-state index contributed by atoms with van der Waals surface area (Å²) in [6.07, 6.45) is 13.6. The van der Waals surface area contributed by atoms with E-state index in [1.807, 2.05) is 0 Å². The minimum Gasteiger partial charge on any atom is -0.461 e. The third-order valence-electron chi connectivity index (χ3n) is 5.56. The summed E-state index contributed by atoms with van der Waals surface area (Å²) >= 11 is 0. The van der Waals surface area contributed by atoms with Gasteiger partial charge in [-0.15, -0.1) is 0 Å². The number of esters is 1. The second-order valence-electron chi connectivity index (χ2n) is 6.85. The highest BCUT2D eigenvalue weighted by molar-refractivity contribution is 5.82. The van der Waals surface area contributed by atoms with Crippen molar-refractivity contribution in [2.75, 3.05) is 0 Å². The molecule has 0 aliphatic heterocycles. The predicted molar refractivity (Wildman–Crippen MR) is 71.9 cm³/mol. The van der Waals surface area contributed by atoms with Crippen LogP contribution in [-0.4, -0.2) is 26.8 Å². The van der Waals surface area contributed by atoms with Gasteiger partial charge in [0.1, 0.15) is 18.8 Å². The first-order chi connectivity index (χ1) is 9.73. The standard InChI is InChI=1S/C15H21N3O2/c19-13(15(7-8-15)18-11-16-10-17-18)20-12-3-6-14(9-12)4-1-2-5-14/h10-12H,1-9H2. The van der Waals surface area contributed by atoms with Gasteiger partial charge in [0, 0.05) is 0 Å². The zero-order chi connectivity index (χ0) is 13.6. The highest BCUT2D eigenvalue weighted by Gasteiger charge is 2.55. The van der Waals surface area contributed by atoms with E-state index in [0.717, 1.165) is 25.7 Å². The topological polar surface area (TPSA) is 57.0 Å². The molecule has 0 saturated heterocycles. The summed E-state index contributed by atoms with van der Waals surface area (Å²) in [5.74, 6) is -0.0944. The number of ether oxygens (including phenoxy) is 1. The van der Waals surface area contributed by atoms with Gasteiger partial charge in [0.25, 0.3) is 0 Å². The van der Waals surface area contributed by atoms with E-state index in [0.29, 0.717) is 5.41 Å². The minimum atomic E-state index is -0.540. The number of carbonyl (C=O) groups is 1. The summed E-state index contributed by atoms with van der Waals surface area (Å²) in [6, 6.07) is 0. The molecule has 0 aromatic carbocycles. The number of rotatable bonds is 3. The van der Waals surface area contributed by atoms with Crippen LogP contribution in [0.15, 0.2) is 12.7 Å². The molecule has 0 bridgehead atoms. The Labute approximate surface area is 118 Å². The number of carbonyl (C=O) groups excluding carboxylic acids is 1. The van der Waals surface area contributed by atoms with E-state index in [-0.39, 0.29) is 12.1 Å². The molecule has 20 heavy (non-hydrogen) atoms. The quantitative estimate of drug-likeness (QED) is 0.795. The van der Waals surface area contributed by atoms with E-state index in [1.165, 1.54) is 38.4 Å². The summed E-state index contributed by atoms with van der Waals surface area (Å²) in [4.78, 5) is 16.4. The van der Waals surface area contributed by atoms with Gasteiger partial charge < -0.3 is 4.74 Å². The summed E-state index contributed by atoms with van der Waals surface area (Å²) < 4.78 is 7.50. The van der Waals surface area contributed by atoms with Crippen LogP contribution in [0.5, 0.6) is 0 Å². The van der Waals surface area contributed by atoms with Crippen LogP contribution < -0.4 is 0 Å². The van der Waals surface area contributed by atoms with Crippen LogP contribution >= 0.6 is 0 Å². The van der Waals surface area contributed by atoms with Gasteiger partial charge in [-0.3, -0.25) is 0 Å². The molecule has 3 aliphatic rings. The van der Waals surface area contributed by atoms with E-state index >= 15 is 0 Å². The van der Waals surface area contributed by atoms with Gasteiger partial charge in [-0.05, 0) is 50.4 Å². The van der Waals surface area contributed by atoms with Gasteiger partial charge in [-0.25, -0.2) is 14.5 Å². The summed E-state index contributed by atoms with van der Waals surface area (Å²) in [5.41, 5.74) is -0.0448. The molecule has 1 atom stereocenters. The van der Waals surface area contributed by atoms with Gasteiger partial charge in [0.15, 0.2) is 5.54 Å². The molecule has 1 aromatic rings. The zero-order valence-electron chi connectivity index (χ0n) is 11.8. The first-order valence-electron chi connectivity index (χ1n) is 7.79. The largest absolute Gasteiger partial charge is 0.461 e. The van der Waals surface area contributed by atoms with E-state index in [4.69, 9.17) is 4.74 Å². The normalized spacial score (nSPS) is 29.7. The van der Waals surface area contributed by atoms with Crippen LogP contribution in [0.1, 0.15) is 57.8 Å². The van der Waals surface area contributed by atoms with Gasteiger partial charge in [-0.2, -0.15) is 5.10 Å². The molecule has 1 unspecified atom stereocenters. The fraction of sp³-hybridized carbons (Fsp3) is 0.800. The van der Waals surface area contributed by atoms with Crippen LogP contribution in [0.25, 0.3) is 0 Å². The average Bonchev–Trinajstić information content (AvgIpc) is 2.90. The van der Waals surface area contributed by atoms with Crippen LogP contribution in [0.2, 0.25) is 0 Å². The molecule has 1 aromatic heterocycles. The van der Waals surface area contributed by atoms with E-state index in [1.54, 1.807) is 11.0 Å². The summed E-state index contributed by atoms with van der Waals surface area (Å²) in [5, 5.41) is 4.12. The Morgan fingerprint density at radius 1 is 1.20 bits per heavy atom. The second-order valence-corrected chi connectivity index (χ2v) is 6.85. The Bertz CT molecular complexity index is 501.